The first-order valence-electron chi connectivity index (χ1n) is 6.29. The summed E-state index contributed by atoms with van der Waals surface area (Å²) in [5.41, 5.74) is 12.2. The number of ether oxygens (including phenoxy) is 1. The number of ketones is 1. The number of carbonyl (C=O) groups is 3. The van der Waals surface area contributed by atoms with Crippen molar-refractivity contribution in [3.05, 3.63) is 35.4 Å². The van der Waals surface area contributed by atoms with Crippen molar-refractivity contribution in [2.24, 2.45) is 11.5 Å². The number of aliphatic carboxylic acids is 1. The second-order valence-electron chi connectivity index (χ2n) is 4.60. The predicted molar refractivity (Wildman–Crippen MR) is 74.7 cm³/mol. The second-order valence-corrected chi connectivity index (χ2v) is 4.60. The van der Waals surface area contributed by atoms with Gasteiger partial charge in [-0.3, -0.25) is 14.4 Å². The summed E-state index contributed by atoms with van der Waals surface area (Å²) in [7, 11) is 1.26. The van der Waals surface area contributed by atoms with E-state index in [1.807, 2.05) is 0 Å². The molecule has 0 aliphatic carbocycles. The first-order chi connectivity index (χ1) is 9.85. The lowest BCUT2D eigenvalue weighted by molar-refractivity contribution is -0.142. The Hall–Kier alpha value is -2.25. The molecule has 0 unspecified atom stereocenters. The van der Waals surface area contributed by atoms with E-state index in [1.165, 1.54) is 19.2 Å². The molecule has 0 radical (unpaired) electrons. The van der Waals surface area contributed by atoms with E-state index < -0.39 is 36.2 Å². The third-order valence-electron chi connectivity index (χ3n) is 2.93. The molecule has 0 aliphatic rings. The number of nitrogens with two attached hydrogens (primary N) is 2. The van der Waals surface area contributed by atoms with Gasteiger partial charge in [0.1, 0.15) is 6.04 Å². The Morgan fingerprint density at radius 3 is 2.19 bits per heavy atom. The smallest absolute Gasteiger partial charge is 0.322 e. The summed E-state index contributed by atoms with van der Waals surface area (Å²) < 4.78 is 4.52. The third kappa shape index (κ3) is 4.97. The Labute approximate surface area is 121 Å². The molecule has 2 atom stereocenters. The van der Waals surface area contributed by atoms with E-state index in [2.05, 4.69) is 4.74 Å². The van der Waals surface area contributed by atoms with Crippen molar-refractivity contribution < 1.29 is 24.2 Å². The lowest BCUT2D eigenvalue weighted by Gasteiger charge is -2.11. The van der Waals surface area contributed by atoms with Gasteiger partial charge in [-0.15, -0.1) is 0 Å². The minimum absolute atomic E-state index is 0.280. The summed E-state index contributed by atoms with van der Waals surface area (Å²) in [5, 5.41) is 8.61. The van der Waals surface area contributed by atoms with Gasteiger partial charge >= 0.3 is 11.9 Å². The first-order valence-corrected chi connectivity index (χ1v) is 6.29. The van der Waals surface area contributed by atoms with Crippen LogP contribution in [0.15, 0.2) is 24.3 Å². The maximum Gasteiger partial charge on any atom is 0.322 e. The Bertz CT molecular complexity index is 527. The van der Waals surface area contributed by atoms with Gasteiger partial charge in [-0.1, -0.05) is 24.3 Å². The van der Waals surface area contributed by atoms with Gasteiger partial charge in [-0.25, -0.2) is 0 Å². The van der Waals surface area contributed by atoms with E-state index in [-0.39, 0.29) is 6.42 Å². The normalized spacial score (nSPS) is 13.3. The molecule has 21 heavy (non-hydrogen) atoms. The maximum absolute atomic E-state index is 11.9. The largest absolute Gasteiger partial charge is 0.481 e. The van der Waals surface area contributed by atoms with Crippen LogP contribution in [0.25, 0.3) is 0 Å². The van der Waals surface area contributed by atoms with Crippen molar-refractivity contribution in [2.75, 3.05) is 7.11 Å². The zero-order valence-electron chi connectivity index (χ0n) is 11.6. The van der Waals surface area contributed by atoms with Crippen molar-refractivity contribution >= 4 is 17.7 Å². The molecule has 7 heteroatoms. The average molecular weight is 294 g/mol. The monoisotopic (exact) mass is 294 g/mol. The van der Waals surface area contributed by atoms with Gasteiger partial charge in [0.25, 0.3) is 0 Å². The molecule has 0 fully saturated rings. The van der Waals surface area contributed by atoms with Crippen LogP contribution in [-0.2, 0) is 20.7 Å². The molecule has 1 rings (SSSR count). The average Bonchev–Trinajstić information content (AvgIpc) is 2.45. The molecular formula is C14H18N2O5. The van der Waals surface area contributed by atoms with E-state index in [0.717, 1.165) is 5.56 Å². The summed E-state index contributed by atoms with van der Waals surface area (Å²) in [4.78, 5) is 33.6. The minimum atomic E-state index is -1.13. The SMILES string of the molecule is COC(=O)[C@@H](N)Cc1ccc(C(=O)[C@@H](N)CC(=O)O)cc1. The Morgan fingerprint density at radius 2 is 1.71 bits per heavy atom. The molecule has 0 amide bonds. The number of Topliss-reactive ketones (excluding diaryl/α,β-unsaturated/α-hetero) is 1. The van der Waals surface area contributed by atoms with Crippen LogP contribution < -0.4 is 11.5 Å². The van der Waals surface area contributed by atoms with Crippen LogP contribution in [0.3, 0.4) is 0 Å². The summed E-state index contributed by atoms with van der Waals surface area (Å²) in [5.74, 6) is -2.09. The molecule has 1 aromatic rings. The number of rotatable bonds is 7. The van der Waals surface area contributed by atoms with Gasteiger partial charge in [0, 0.05) is 5.56 Å². The number of hydrogen-bond acceptors (Lipinski definition) is 6. The number of carbonyl (C=O) groups excluding carboxylic acids is 2. The van der Waals surface area contributed by atoms with E-state index in [0.29, 0.717) is 5.56 Å². The van der Waals surface area contributed by atoms with E-state index in [9.17, 15) is 14.4 Å². The molecule has 0 aromatic heterocycles. The summed E-state index contributed by atoms with van der Waals surface area (Å²) >= 11 is 0. The molecular weight excluding hydrogens is 276 g/mol. The van der Waals surface area contributed by atoms with Crippen molar-refractivity contribution in [3.8, 4) is 0 Å². The molecule has 0 spiro atoms. The highest BCUT2D eigenvalue weighted by Crippen LogP contribution is 2.10. The van der Waals surface area contributed by atoms with Crippen molar-refractivity contribution in [1.29, 1.82) is 0 Å². The Morgan fingerprint density at radius 1 is 1.14 bits per heavy atom. The minimum Gasteiger partial charge on any atom is -0.481 e. The highest BCUT2D eigenvalue weighted by atomic mass is 16.5. The first kappa shape index (κ1) is 16.8. The predicted octanol–water partition coefficient (Wildman–Crippen LogP) is -0.286. The molecule has 0 aliphatic heterocycles. The zero-order valence-corrected chi connectivity index (χ0v) is 11.6. The molecule has 1 aromatic carbocycles. The molecule has 0 saturated heterocycles. The van der Waals surface area contributed by atoms with Crippen LogP contribution in [0.4, 0.5) is 0 Å². The Balaban J connectivity index is 2.71. The summed E-state index contributed by atoms with van der Waals surface area (Å²) in [6, 6.07) is 4.50. The molecule has 0 saturated carbocycles. The number of carboxylic acids is 1. The number of methoxy groups -OCH3 is 1. The zero-order chi connectivity index (χ0) is 16.0. The number of hydrogen-bond donors (Lipinski definition) is 3. The fraction of sp³-hybridized carbons (Fsp3) is 0.357. The topological polar surface area (TPSA) is 133 Å². The van der Waals surface area contributed by atoms with Crippen LogP contribution in [-0.4, -0.2) is 42.0 Å². The van der Waals surface area contributed by atoms with Crippen molar-refractivity contribution in [2.45, 2.75) is 24.9 Å². The Kier molecular flexibility index (Phi) is 6.01. The van der Waals surface area contributed by atoms with Crippen LogP contribution in [0.5, 0.6) is 0 Å². The second kappa shape index (κ2) is 7.51. The third-order valence-corrected chi connectivity index (χ3v) is 2.93. The van der Waals surface area contributed by atoms with Crippen LogP contribution >= 0.6 is 0 Å². The van der Waals surface area contributed by atoms with Gasteiger partial charge in [0.2, 0.25) is 0 Å². The molecule has 0 bridgehead atoms. The van der Waals surface area contributed by atoms with Gasteiger partial charge in [-0.05, 0) is 12.0 Å². The molecule has 0 heterocycles. The molecule has 5 N–H and O–H groups in total. The van der Waals surface area contributed by atoms with Gasteiger partial charge in [0.15, 0.2) is 5.78 Å². The van der Waals surface area contributed by atoms with Crippen LogP contribution in [0.1, 0.15) is 22.3 Å². The van der Waals surface area contributed by atoms with Crippen molar-refractivity contribution in [1.82, 2.24) is 0 Å². The lowest BCUT2D eigenvalue weighted by atomic mass is 9.99. The summed E-state index contributed by atoms with van der Waals surface area (Å²) in [6.45, 7) is 0. The fourth-order valence-corrected chi connectivity index (χ4v) is 1.79. The highest BCUT2D eigenvalue weighted by molar-refractivity contribution is 6.01. The highest BCUT2D eigenvalue weighted by Gasteiger charge is 2.19. The standard InChI is InChI=1S/C14H18N2O5/c1-21-14(20)11(16)6-8-2-4-9(5-3-8)13(19)10(15)7-12(17)18/h2-5,10-11H,6-7,15-16H2,1H3,(H,17,18)/t10-,11-/m0/s1. The van der Waals surface area contributed by atoms with E-state index in [1.54, 1.807) is 12.1 Å². The quantitative estimate of drug-likeness (QED) is 0.465. The lowest BCUT2D eigenvalue weighted by Crippen LogP contribution is -2.34. The van der Waals surface area contributed by atoms with E-state index in [4.69, 9.17) is 16.6 Å². The van der Waals surface area contributed by atoms with Crippen molar-refractivity contribution in [3.63, 3.8) is 0 Å². The van der Waals surface area contributed by atoms with E-state index >= 15 is 0 Å². The summed E-state index contributed by atoms with van der Waals surface area (Å²) in [6.07, 6.45) is -0.143. The maximum atomic E-state index is 11.9. The number of esters is 1. The molecule has 7 nitrogen and oxygen atoms in total. The number of benzene rings is 1. The van der Waals surface area contributed by atoms with Gasteiger partial charge < -0.3 is 21.3 Å². The van der Waals surface area contributed by atoms with Gasteiger partial charge in [-0.2, -0.15) is 0 Å². The van der Waals surface area contributed by atoms with Crippen LogP contribution in [0, 0.1) is 0 Å². The van der Waals surface area contributed by atoms with Crippen LogP contribution in [0.2, 0.25) is 0 Å². The van der Waals surface area contributed by atoms with Gasteiger partial charge in [0.05, 0.1) is 19.6 Å². The fourth-order valence-electron chi connectivity index (χ4n) is 1.79. The molecule has 114 valence electrons. The number of carboxylic acid groups (broad SMARTS) is 1.